The molecule has 2 nitrogen and oxygen atoms in total. The highest BCUT2D eigenvalue weighted by molar-refractivity contribution is 6.24. The van der Waals surface area contributed by atoms with Gasteiger partial charge in [0.2, 0.25) is 0 Å². The Morgan fingerprint density at radius 2 is 1.21 bits per heavy atom. The van der Waals surface area contributed by atoms with Gasteiger partial charge in [0, 0.05) is 11.1 Å². The average molecular weight is 235 g/mol. The van der Waals surface area contributed by atoms with E-state index < -0.39 is 10.1 Å². The van der Waals surface area contributed by atoms with E-state index in [1.165, 1.54) is 13.8 Å². The second-order valence-corrected chi connectivity index (χ2v) is 4.92. The maximum absolute atomic E-state index is 9.63. The number of aliphatic hydroxyl groups is 2. The van der Waals surface area contributed by atoms with Crippen LogP contribution >= 0.6 is 23.2 Å². The van der Waals surface area contributed by atoms with Crippen molar-refractivity contribution in [2.75, 3.05) is 0 Å². The maximum atomic E-state index is 9.63. The van der Waals surface area contributed by atoms with Crippen LogP contribution in [-0.4, -0.2) is 10.2 Å². The molecule has 0 aromatic heterocycles. The summed E-state index contributed by atoms with van der Waals surface area (Å²) in [6, 6.07) is 6.69. The van der Waals surface area contributed by atoms with Crippen molar-refractivity contribution in [3.05, 3.63) is 35.4 Å². The molecule has 1 aromatic carbocycles. The molecule has 1 aromatic rings. The van der Waals surface area contributed by atoms with Crippen molar-refractivity contribution in [3.63, 3.8) is 0 Å². The number of halogens is 2. The predicted molar refractivity (Wildman–Crippen MR) is 57.3 cm³/mol. The van der Waals surface area contributed by atoms with Gasteiger partial charge in [-0.3, -0.25) is 0 Å². The van der Waals surface area contributed by atoms with Crippen LogP contribution in [0, 0.1) is 0 Å². The lowest BCUT2D eigenvalue weighted by atomic mass is 9.99. The van der Waals surface area contributed by atoms with E-state index in [0.29, 0.717) is 11.1 Å². The zero-order chi connectivity index (χ0) is 11.0. The normalized spacial score (nSPS) is 19.9. The molecule has 0 aliphatic heterocycles. The van der Waals surface area contributed by atoms with Gasteiger partial charge in [0.05, 0.1) is 0 Å². The minimum Gasteiger partial charge on any atom is -0.371 e. The van der Waals surface area contributed by atoms with Gasteiger partial charge in [-0.15, -0.1) is 0 Å². The topological polar surface area (TPSA) is 40.5 Å². The third-order valence-electron chi connectivity index (χ3n) is 1.91. The quantitative estimate of drug-likeness (QED) is 0.773. The molecule has 0 bridgehead atoms. The Balaban J connectivity index is 3.31. The lowest BCUT2D eigenvalue weighted by molar-refractivity contribution is 0.125. The summed E-state index contributed by atoms with van der Waals surface area (Å²) in [6.07, 6.45) is 0. The molecule has 0 aliphatic rings. The molecular weight excluding hydrogens is 223 g/mol. The Kier molecular flexibility index (Phi) is 3.12. The van der Waals surface area contributed by atoms with Crippen LogP contribution in [0.15, 0.2) is 24.3 Å². The maximum Gasteiger partial charge on any atom is 0.161 e. The largest absolute Gasteiger partial charge is 0.371 e. The molecule has 0 aliphatic carbocycles. The fraction of sp³-hybridized carbons (Fsp3) is 0.400. The van der Waals surface area contributed by atoms with Gasteiger partial charge in [0.25, 0.3) is 0 Å². The van der Waals surface area contributed by atoms with Gasteiger partial charge >= 0.3 is 0 Å². The lowest BCUT2D eigenvalue weighted by Gasteiger charge is -2.24. The molecule has 0 radical (unpaired) electrons. The van der Waals surface area contributed by atoms with Crippen LogP contribution in [0.2, 0.25) is 0 Å². The number of hydrogen-bond donors (Lipinski definition) is 2. The summed E-state index contributed by atoms with van der Waals surface area (Å²) in [6.45, 7) is 2.85. The third-order valence-corrected chi connectivity index (χ3v) is 2.32. The van der Waals surface area contributed by atoms with Crippen molar-refractivity contribution in [1.29, 1.82) is 0 Å². The molecule has 2 unspecified atom stereocenters. The van der Waals surface area contributed by atoms with Crippen molar-refractivity contribution in [1.82, 2.24) is 0 Å². The smallest absolute Gasteiger partial charge is 0.161 e. The minimum absolute atomic E-state index is 0.404. The van der Waals surface area contributed by atoms with Gasteiger partial charge in [-0.25, -0.2) is 0 Å². The van der Waals surface area contributed by atoms with Gasteiger partial charge < -0.3 is 10.2 Å². The number of hydrogen-bond acceptors (Lipinski definition) is 2. The molecule has 0 spiro atoms. The van der Waals surface area contributed by atoms with Crippen LogP contribution in [0.4, 0.5) is 0 Å². The van der Waals surface area contributed by atoms with E-state index >= 15 is 0 Å². The number of alkyl halides is 2. The van der Waals surface area contributed by atoms with Crippen LogP contribution in [0.25, 0.3) is 0 Å². The van der Waals surface area contributed by atoms with Gasteiger partial charge in [0.15, 0.2) is 10.1 Å². The average Bonchev–Trinajstić information content (AvgIpc) is 2.01. The van der Waals surface area contributed by atoms with Crippen molar-refractivity contribution in [2.45, 2.75) is 24.0 Å². The van der Waals surface area contributed by atoms with Crippen LogP contribution in [0.3, 0.4) is 0 Å². The summed E-state index contributed by atoms with van der Waals surface area (Å²) in [4.78, 5) is 0. The molecule has 0 fully saturated rings. The van der Waals surface area contributed by atoms with Gasteiger partial charge in [0.1, 0.15) is 0 Å². The SMILES string of the molecule is CC(O)(Cl)c1ccccc1C(C)(O)Cl. The molecular formula is C10H12Cl2O2. The van der Waals surface area contributed by atoms with E-state index in [-0.39, 0.29) is 0 Å². The highest BCUT2D eigenvalue weighted by Gasteiger charge is 2.30. The summed E-state index contributed by atoms with van der Waals surface area (Å²) >= 11 is 11.5. The first-order chi connectivity index (χ1) is 6.23. The minimum atomic E-state index is -1.53. The first-order valence-corrected chi connectivity index (χ1v) is 4.91. The van der Waals surface area contributed by atoms with E-state index in [0.717, 1.165) is 0 Å². The molecule has 0 amide bonds. The summed E-state index contributed by atoms with van der Waals surface area (Å²) < 4.78 is 0. The Hall–Kier alpha value is -0.280. The van der Waals surface area contributed by atoms with Crippen LogP contribution < -0.4 is 0 Å². The van der Waals surface area contributed by atoms with Crippen LogP contribution in [0.1, 0.15) is 25.0 Å². The summed E-state index contributed by atoms with van der Waals surface area (Å²) in [5.41, 5.74) is 0.809. The first kappa shape index (κ1) is 11.8. The van der Waals surface area contributed by atoms with E-state index in [1.54, 1.807) is 24.3 Å². The van der Waals surface area contributed by atoms with Crippen LogP contribution in [0.5, 0.6) is 0 Å². The fourth-order valence-corrected chi connectivity index (χ4v) is 1.61. The molecule has 4 heteroatoms. The fourth-order valence-electron chi connectivity index (χ4n) is 1.28. The Morgan fingerprint density at radius 3 is 1.43 bits per heavy atom. The summed E-state index contributed by atoms with van der Waals surface area (Å²) in [7, 11) is 0. The monoisotopic (exact) mass is 234 g/mol. The van der Waals surface area contributed by atoms with E-state index in [4.69, 9.17) is 23.2 Å². The molecule has 0 heterocycles. The molecule has 2 atom stereocenters. The summed E-state index contributed by atoms with van der Waals surface area (Å²) in [5, 5.41) is 16.2. The van der Waals surface area contributed by atoms with Crippen molar-refractivity contribution in [2.24, 2.45) is 0 Å². The zero-order valence-electron chi connectivity index (χ0n) is 7.96. The van der Waals surface area contributed by atoms with Crippen molar-refractivity contribution >= 4 is 23.2 Å². The van der Waals surface area contributed by atoms with E-state index in [2.05, 4.69) is 0 Å². The molecule has 2 N–H and O–H groups in total. The highest BCUT2D eigenvalue weighted by atomic mass is 35.5. The molecule has 14 heavy (non-hydrogen) atoms. The van der Waals surface area contributed by atoms with Gasteiger partial charge in [-0.05, 0) is 13.8 Å². The van der Waals surface area contributed by atoms with E-state index in [1.807, 2.05) is 0 Å². The second kappa shape index (κ2) is 3.70. The molecule has 78 valence electrons. The summed E-state index contributed by atoms with van der Waals surface area (Å²) in [5.74, 6) is 0. The highest BCUT2D eigenvalue weighted by Crippen LogP contribution is 2.35. The first-order valence-electron chi connectivity index (χ1n) is 4.15. The molecule has 1 rings (SSSR count). The Bertz CT molecular complexity index is 291. The Labute approximate surface area is 93.1 Å². The van der Waals surface area contributed by atoms with Crippen molar-refractivity contribution in [3.8, 4) is 0 Å². The van der Waals surface area contributed by atoms with Gasteiger partial charge in [-0.2, -0.15) is 0 Å². The lowest BCUT2D eigenvalue weighted by Crippen LogP contribution is -2.22. The van der Waals surface area contributed by atoms with Crippen molar-refractivity contribution < 1.29 is 10.2 Å². The predicted octanol–water partition coefficient (Wildman–Crippen LogP) is 2.49. The van der Waals surface area contributed by atoms with E-state index in [9.17, 15) is 10.2 Å². The Morgan fingerprint density at radius 1 is 0.929 bits per heavy atom. The second-order valence-electron chi connectivity index (χ2n) is 3.45. The standard InChI is InChI=1S/C10H12Cl2O2/c1-9(11,13)7-5-3-4-6-8(7)10(2,12)14/h3-6,13-14H,1-2H3. The van der Waals surface area contributed by atoms with Gasteiger partial charge in [-0.1, -0.05) is 47.5 Å². The third kappa shape index (κ3) is 2.61. The zero-order valence-corrected chi connectivity index (χ0v) is 9.47. The number of benzene rings is 1. The molecule has 0 saturated heterocycles. The number of rotatable bonds is 2. The molecule has 0 saturated carbocycles. The van der Waals surface area contributed by atoms with Crippen LogP contribution in [-0.2, 0) is 10.1 Å².